The van der Waals surface area contributed by atoms with Gasteiger partial charge in [-0.05, 0) is 32.1 Å². The van der Waals surface area contributed by atoms with Crippen molar-refractivity contribution in [2.24, 2.45) is 11.3 Å². The molecule has 0 amide bonds. The predicted molar refractivity (Wildman–Crippen MR) is 54.6 cm³/mol. The van der Waals surface area contributed by atoms with Gasteiger partial charge in [0.2, 0.25) is 0 Å². The zero-order chi connectivity index (χ0) is 10.5. The van der Waals surface area contributed by atoms with Crippen molar-refractivity contribution in [3.63, 3.8) is 0 Å². The molecule has 0 spiro atoms. The summed E-state index contributed by atoms with van der Waals surface area (Å²) in [5, 5.41) is 9.08. The molecular weight excluding hydrogens is 164 g/mol. The minimum Gasteiger partial charge on any atom is -0.481 e. The van der Waals surface area contributed by atoms with Crippen LogP contribution in [0.25, 0.3) is 0 Å². The molecule has 0 heterocycles. The molecule has 2 nitrogen and oxygen atoms in total. The van der Waals surface area contributed by atoms with Crippen molar-refractivity contribution in [3.05, 3.63) is 12.7 Å². The highest BCUT2D eigenvalue weighted by molar-refractivity contribution is 5.74. The van der Waals surface area contributed by atoms with Gasteiger partial charge in [0.05, 0.1) is 5.41 Å². The Labute approximate surface area is 80.7 Å². The third kappa shape index (κ3) is 3.21. The Morgan fingerprint density at radius 3 is 2.46 bits per heavy atom. The van der Waals surface area contributed by atoms with Crippen LogP contribution in [0.3, 0.4) is 0 Å². The van der Waals surface area contributed by atoms with Crippen LogP contribution in [-0.2, 0) is 4.79 Å². The average Bonchev–Trinajstić information content (AvgIpc) is 2.03. The molecule has 0 saturated carbocycles. The van der Waals surface area contributed by atoms with Gasteiger partial charge < -0.3 is 5.11 Å². The summed E-state index contributed by atoms with van der Waals surface area (Å²) in [7, 11) is 0. The molecule has 76 valence electrons. The summed E-state index contributed by atoms with van der Waals surface area (Å²) in [5.41, 5.74) is -0.580. The van der Waals surface area contributed by atoms with Crippen molar-refractivity contribution in [3.8, 4) is 0 Å². The Bertz CT molecular complexity index is 185. The monoisotopic (exact) mass is 184 g/mol. The first kappa shape index (κ1) is 12.2. The molecule has 1 atom stereocenters. The topological polar surface area (TPSA) is 37.3 Å². The Kier molecular flexibility index (Phi) is 4.74. The van der Waals surface area contributed by atoms with Crippen LogP contribution in [0.2, 0.25) is 0 Å². The SMILES string of the molecule is C=CCCCC(C)(C(=O)O)C(C)C. The molecule has 1 N–H and O–H groups in total. The van der Waals surface area contributed by atoms with E-state index < -0.39 is 11.4 Å². The van der Waals surface area contributed by atoms with E-state index in [-0.39, 0.29) is 5.92 Å². The first-order chi connectivity index (χ1) is 5.95. The second-order valence-electron chi connectivity index (χ2n) is 4.06. The molecule has 0 aromatic rings. The lowest BCUT2D eigenvalue weighted by Gasteiger charge is -2.28. The molecule has 0 aliphatic carbocycles. The molecular formula is C11H20O2. The predicted octanol–water partition coefficient (Wildman–Crippen LogP) is 3.09. The summed E-state index contributed by atoms with van der Waals surface area (Å²) in [6.07, 6.45) is 4.37. The molecule has 1 unspecified atom stereocenters. The van der Waals surface area contributed by atoms with Gasteiger partial charge in [-0.1, -0.05) is 19.9 Å². The molecule has 0 aromatic carbocycles. The van der Waals surface area contributed by atoms with Gasteiger partial charge in [-0.15, -0.1) is 6.58 Å². The van der Waals surface area contributed by atoms with Crippen molar-refractivity contribution in [1.29, 1.82) is 0 Å². The second-order valence-corrected chi connectivity index (χ2v) is 4.06. The van der Waals surface area contributed by atoms with Gasteiger partial charge in [-0.2, -0.15) is 0 Å². The summed E-state index contributed by atoms with van der Waals surface area (Å²) < 4.78 is 0. The average molecular weight is 184 g/mol. The lowest BCUT2D eigenvalue weighted by Crippen LogP contribution is -2.33. The number of hydrogen-bond acceptors (Lipinski definition) is 1. The largest absolute Gasteiger partial charge is 0.481 e. The number of unbranched alkanes of at least 4 members (excludes halogenated alkanes) is 1. The highest BCUT2D eigenvalue weighted by Gasteiger charge is 2.35. The van der Waals surface area contributed by atoms with Gasteiger partial charge in [0.25, 0.3) is 0 Å². The summed E-state index contributed by atoms with van der Waals surface area (Å²) in [5.74, 6) is -0.513. The zero-order valence-corrected chi connectivity index (χ0v) is 8.84. The first-order valence-corrected chi connectivity index (χ1v) is 4.79. The second kappa shape index (κ2) is 5.05. The molecule has 0 bridgehead atoms. The maximum absolute atomic E-state index is 11.0. The molecule has 13 heavy (non-hydrogen) atoms. The number of rotatable bonds is 6. The quantitative estimate of drug-likeness (QED) is 0.508. The van der Waals surface area contributed by atoms with Crippen LogP contribution in [0.15, 0.2) is 12.7 Å². The molecule has 0 saturated heterocycles. The van der Waals surface area contributed by atoms with Crippen molar-refractivity contribution in [1.82, 2.24) is 0 Å². The molecule has 2 heteroatoms. The molecule has 0 aliphatic heterocycles. The van der Waals surface area contributed by atoms with Crippen LogP contribution in [0.1, 0.15) is 40.0 Å². The lowest BCUT2D eigenvalue weighted by atomic mass is 9.75. The Balaban J connectivity index is 4.25. The third-order valence-corrected chi connectivity index (χ3v) is 2.87. The molecule has 0 fully saturated rings. The fourth-order valence-electron chi connectivity index (χ4n) is 1.26. The van der Waals surface area contributed by atoms with Gasteiger partial charge in [0.15, 0.2) is 0 Å². The van der Waals surface area contributed by atoms with E-state index in [1.165, 1.54) is 0 Å². The van der Waals surface area contributed by atoms with E-state index in [0.717, 1.165) is 19.3 Å². The van der Waals surface area contributed by atoms with Gasteiger partial charge in [-0.25, -0.2) is 0 Å². The highest BCUT2D eigenvalue weighted by Crippen LogP contribution is 2.33. The summed E-state index contributed by atoms with van der Waals surface area (Å²) in [6, 6.07) is 0. The fraction of sp³-hybridized carbons (Fsp3) is 0.727. The minimum absolute atomic E-state index is 0.176. The van der Waals surface area contributed by atoms with E-state index in [1.807, 2.05) is 26.8 Å². The first-order valence-electron chi connectivity index (χ1n) is 4.79. The molecule has 0 aromatic heterocycles. The van der Waals surface area contributed by atoms with Crippen molar-refractivity contribution in [2.75, 3.05) is 0 Å². The fourth-order valence-corrected chi connectivity index (χ4v) is 1.26. The van der Waals surface area contributed by atoms with E-state index in [2.05, 4.69) is 6.58 Å². The highest BCUT2D eigenvalue weighted by atomic mass is 16.4. The summed E-state index contributed by atoms with van der Waals surface area (Å²) in [4.78, 5) is 11.0. The standard InChI is InChI=1S/C11H20O2/c1-5-6-7-8-11(4,9(2)3)10(12)13/h5,9H,1,6-8H2,2-4H3,(H,12,13). The maximum Gasteiger partial charge on any atom is 0.309 e. The number of aliphatic carboxylic acids is 1. The van der Waals surface area contributed by atoms with Crippen LogP contribution in [-0.4, -0.2) is 11.1 Å². The van der Waals surface area contributed by atoms with Crippen LogP contribution < -0.4 is 0 Å². The number of carboxylic acids is 1. The number of carboxylic acid groups (broad SMARTS) is 1. The van der Waals surface area contributed by atoms with Gasteiger partial charge >= 0.3 is 5.97 Å². The van der Waals surface area contributed by atoms with Gasteiger partial charge in [0, 0.05) is 0 Å². The van der Waals surface area contributed by atoms with Crippen molar-refractivity contribution in [2.45, 2.75) is 40.0 Å². The molecule has 0 aliphatic rings. The smallest absolute Gasteiger partial charge is 0.309 e. The summed E-state index contributed by atoms with van der Waals surface area (Å²) in [6.45, 7) is 9.37. The van der Waals surface area contributed by atoms with Crippen LogP contribution in [0.4, 0.5) is 0 Å². The van der Waals surface area contributed by atoms with E-state index in [9.17, 15) is 4.79 Å². The van der Waals surface area contributed by atoms with Gasteiger partial charge in [0.1, 0.15) is 0 Å². The van der Waals surface area contributed by atoms with Crippen LogP contribution >= 0.6 is 0 Å². The van der Waals surface area contributed by atoms with Crippen molar-refractivity contribution < 1.29 is 9.90 Å². The Morgan fingerprint density at radius 1 is 1.62 bits per heavy atom. The number of hydrogen-bond donors (Lipinski definition) is 1. The molecule has 0 rings (SSSR count). The van der Waals surface area contributed by atoms with Crippen molar-refractivity contribution >= 4 is 5.97 Å². The zero-order valence-electron chi connectivity index (χ0n) is 8.84. The maximum atomic E-state index is 11.0. The van der Waals surface area contributed by atoms with E-state index in [0.29, 0.717) is 0 Å². The van der Waals surface area contributed by atoms with E-state index in [1.54, 1.807) is 0 Å². The third-order valence-electron chi connectivity index (χ3n) is 2.87. The number of carbonyl (C=O) groups is 1. The van der Waals surface area contributed by atoms with Gasteiger partial charge in [-0.3, -0.25) is 4.79 Å². The van der Waals surface area contributed by atoms with E-state index >= 15 is 0 Å². The van der Waals surface area contributed by atoms with Crippen LogP contribution in [0, 0.1) is 11.3 Å². The van der Waals surface area contributed by atoms with Crippen LogP contribution in [0.5, 0.6) is 0 Å². The number of allylic oxidation sites excluding steroid dienone is 1. The normalized spacial score (nSPS) is 15.4. The Morgan fingerprint density at radius 2 is 2.15 bits per heavy atom. The molecule has 0 radical (unpaired) electrons. The lowest BCUT2D eigenvalue weighted by molar-refractivity contribution is -0.151. The minimum atomic E-state index is -0.688. The summed E-state index contributed by atoms with van der Waals surface area (Å²) >= 11 is 0. The van der Waals surface area contributed by atoms with E-state index in [4.69, 9.17) is 5.11 Å². The Hall–Kier alpha value is -0.790.